The molecule has 0 spiro atoms. The minimum absolute atomic E-state index is 0.0107. The molecule has 2 aromatic carbocycles. The van der Waals surface area contributed by atoms with E-state index in [1.54, 1.807) is 18.2 Å². The molecular formula is C21H24N2O4. The van der Waals surface area contributed by atoms with Crippen molar-refractivity contribution in [3.05, 3.63) is 60.2 Å². The van der Waals surface area contributed by atoms with E-state index < -0.39 is 11.6 Å². The third kappa shape index (κ3) is 4.78. The maximum absolute atomic E-state index is 13.0. The molecule has 2 aromatic rings. The van der Waals surface area contributed by atoms with Gasteiger partial charge in [-0.3, -0.25) is 4.79 Å². The van der Waals surface area contributed by atoms with Gasteiger partial charge in [0.05, 0.1) is 5.69 Å². The van der Waals surface area contributed by atoms with Crippen LogP contribution in [-0.2, 0) is 16.1 Å². The molecule has 1 saturated carbocycles. The van der Waals surface area contributed by atoms with Crippen LogP contribution in [0.15, 0.2) is 54.6 Å². The van der Waals surface area contributed by atoms with Crippen LogP contribution in [0.2, 0.25) is 0 Å². The summed E-state index contributed by atoms with van der Waals surface area (Å²) in [6.07, 6.45) is 3.15. The third-order valence-electron chi connectivity index (χ3n) is 4.85. The fraction of sp³-hybridized carbons (Fsp3) is 0.333. The molecule has 0 saturated heterocycles. The number of alkyl carbamates (subject to hydrolysis) is 1. The Kier molecular flexibility index (Phi) is 5.96. The Bertz CT molecular complexity index is 786. The molecule has 0 aliphatic heterocycles. The summed E-state index contributed by atoms with van der Waals surface area (Å²) in [6, 6.07) is 15.9. The highest BCUT2D eigenvalue weighted by Crippen LogP contribution is 2.31. The fourth-order valence-corrected chi connectivity index (χ4v) is 3.34. The zero-order valence-electron chi connectivity index (χ0n) is 15.1. The Hall–Kier alpha value is -3.02. The molecule has 0 bridgehead atoms. The van der Waals surface area contributed by atoms with Gasteiger partial charge in [0.15, 0.2) is 0 Å². The number of hydrogen-bond acceptors (Lipinski definition) is 4. The van der Waals surface area contributed by atoms with Gasteiger partial charge >= 0.3 is 6.09 Å². The Morgan fingerprint density at radius 2 is 1.63 bits per heavy atom. The number of nitrogens with one attached hydrogen (secondary N) is 2. The van der Waals surface area contributed by atoms with Gasteiger partial charge in [-0.25, -0.2) is 4.79 Å². The Labute approximate surface area is 158 Å². The number of carbonyl (C=O) groups excluding carboxylic acids is 2. The molecule has 3 rings (SSSR count). The van der Waals surface area contributed by atoms with Gasteiger partial charge in [-0.2, -0.15) is 0 Å². The van der Waals surface area contributed by atoms with Crippen molar-refractivity contribution in [2.45, 2.75) is 44.2 Å². The van der Waals surface area contributed by atoms with Gasteiger partial charge in [0.2, 0.25) is 5.91 Å². The van der Waals surface area contributed by atoms with Crippen molar-refractivity contribution in [2.75, 3.05) is 5.32 Å². The van der Waals surface area contributed by atoms with Crippen LogP contribution in [0, 0.1) is 0 Å². The summed E-state index contributed by atoms with van der Waals surface area (Å²) in [5, 5.41) is 15.4. The molecule has 0 atom stereocenters. The number of phenols is 1. The standard InChI is InChI=1S/C21H24N2O4/c24-18-12-6-5-11-17(18)22-19(25)21(13-7-2-8-14-21)23-20(26)27-15-16-9-3-1-4-10-16/h1,3-6,9-12,24H,2,7-8,13-15H2,(H,22,25)(H,23,26). The summed E-state index contributed by atoms with van der Waals surface area (Å²) in [6.45, 7) is 0.143. The number of benzene rings is 2. The first-order valence-corrected chi connectivity index (χ1v) is 9.17. The van der Waals surface area contributed by atoms with Gasteiger partial charge in [0, 0.05) is 0 Å². The molecule has 6 nitrogen and oxygen atoms in total. The van der Waals surface area contributed by atoms with E-state index in [1.807, 2.05) is 30.3 Å². The normalized spacial score (nSPS) is 15.6. The van der Waals surface area contributed by atoms with Crippen LogP contribution in [0.4, 0.5) is 10.5 Å². The highest BCUT2D eigenvalue weighted by molar-refractivity contribution is 6.00. The number of hydrogen-bond donors (Lipinski definition) is 3. The van der Waals surface area contributed by atoms with Crippen LogP contribution in [0.3, 0.4) is 0 Å². The van der Waals surface area contributed by atoms with Crippen LogP contribution in [0.25, 0.3) is 0 Å². The maximum atomic E-state index is 13.0. The number of rotatable bonds is 5. The summed E-state index contributed by atoms with van der Waals surface area (Å²) >= 11 is 0. The zero-order valence-corrected chi connectivity index (χ0v) is 15.1. The molecule has 142 valence electrons. The van der Waals surface area contributed by atoms with Crippen LogP contribution in [-0.4, -0.2) is 22.6 Å². The van der Waals surface area contributed by atoms with E-state index in [1.165, 1.54) is 6.07 Å². The zero-order chi connectivity index (χ0) is 19.1. The number of phenolic OH excluding ortho intramolecular Hbond substituents is 1. The molecule has 0 unspecified atom stereocenters. The molecule has 27 heavy (non-hydrogen) atoms. The number of amides is 2. The molecule has 1 aliphatic carbocycles. The van der Waals surface area contributed by atoms with E-state index in [2.05, 4.69) is 10.6 Å². The van der Waals surface area contributed by atoms with Crippen LogP contribution in [0.1, 0.15) is 37.7 Å². The number of para-hydroxylation sites is 2. The van der Waals surface area contributed by atoms with E-state index in [0.29, 0.717) is 18.5 Å². The average Bonchev–Trinajstić information content (AvgIpc) is 2.69. The third-order valence-corrected chi connectivity index (χ3v) is 4.85. The molecule has 6 heteroatoms. The van der Waals surface area contributed by atoms with Gasteiger partial charge in [-0.15, -0.1) is 0 Å². The monoisotopic (exact) mass is 368 g/mol. The van der Waals surface area contributed by atoms with E-state index in [-0.39, 0.29) is 18.3 Å². The van der Waals surface area contributed by atoms with Crippen molar-refractivity contribution in [1.29, 1.82) is 0 Å². The smallest absolute Gasteiger partial charge is 0.408 e. The molecular weight excluding hydrogens is 344 g/mol. The second-order valence-corrected chi connectivity index (χ2v) is 6.80. The summed E-state index contributed by atoms with van der Waals surface area (Å²) in [7, 11) is 0. The minimum atomic E-state index is -1.03. The minimum Gasteiger partial charge on any atom is -0.506 e. The lowest BCUT2D eigenvalue weighted by Crippen LogP contribution is -2.57. The first-order valence-electron chi connectivity index (χ1n) is 9.17. The van der Waals surface area contributed by atoms with Crippen molar-refractivity contribution in [3.8, 4) is 5.75 Å². The average molecular weight is 368 g/mol. The lowest BCUT2D eigenvalue weighted by Gasteiger charge is -2.36. The van der Waals surface area contributed by atoms with Crippen LogP contribution in [0.5, 0.6) is 5.75 Å². The predicted molar refractivity (Wildman–Crippen MR) is 102 cm³/mol. The highest BCUT2D eigenvalue weighted by atomic mass is 16.5. The van der Waals surface area contributed by atoms with E-state index in [4.69, 9.17) is 4.74 Å². The Morgan fingerprint density at radius 3 is 2.33 bits per heavy atom. The van der Waals surface area contributed by atoms with Crippen LogP contribution >= 0.6 is 0 Å². The lowest BCUT2D eigenvalue weighted by molar-refractivity contribution is -0.123. The second kappa shape index (κ2) is 8.58. The van der Waals surface area contributed by atoms with Gasteiger partial charge in [-0.1, -0.05) is 61.7 Å². The topological polar surface area (TPSA) is 87.7 Å². The van der Waals surface area contributed by atoms with Crippen molar-refractivity contribution < 1.29 is 19.4 Å². The summed E-state index contributed by atoms with van der Waals surface area (Å²) in [5.74, 6) is -0.344. The quantitative estimate of drug-likeness (QED) is 0.697. The SMILES string of the molecule is O=C(NC1(C(=O)Nc2ccccc2O)CCCCC1)OCc1ccccc1. The molecule has 1 aliphatic rings. The number of anilines is 1. The molecule has 3 N–H and O–H groups in total. The van der Waals surface area contributed by atoms with E-state index >= 15 is 0 Å². The van der Waals surface area contributed by atoms with Gasteiger partial charge < -0.3 is 20.5 Å². The number of carbonyl (C=O) groups is 2. The lowest BCUT2D eigenvalue weighted by atomic mass is 9.81. The van der Waals surface area contributed by atoms with Gasteiger partial charge in [0.25, 0.3) is 0 Å². The maximum Gasteiger partial charge on any atom is 0.408 e. The molecule has 1 fully saturated rings. The first kappa shape index (κ1) is 18.8. The van der Waals surface area contributed by atoms with E-state index in [0.717, 1.165) is 24.8 Å². The summed E-state index contributed by atoms with van der Waals surface area (Å²) < 4.78 is 5.30. The summed E-state index contributed by atoms with van der Waals surface area (Å²) in [5.41, 5.74) is 0.171. The molecule has 0 heterocycles. The number of ether oxygens (including phenoxy) is 1. The molecule has 0 radical (unpaired) electrons. The van der Waals surface area contributed by atoms with Crippen molar-refractivity contribution in [2.24, 2.45) is 0 Å². The summed E-state index contributed by atoms with van der Waals surface area (Å²) in [4.78, 5) is 25.3. The fourth-order valence-electron chi connectivity index (χ4n) is 3.34. The van der Waals surface area contributed by atoms with Crippen LogP contribution < -0.4 is 10.6 Å². The van der Waals surface area contributed by atoms with Crippen molar-refractivity contribution >= 4 is 17.7 Å². The predicted octanol–water partition coefficient (Wildman–Crippen LogP) is 3.96. The van der Waals surface area contributed by atoms with E-state index in [9.17, 15) is 14.7 Å². The highest BCUT2D eigenvalue weighted by Gasteiger charge is 2.41. The molecule has 0 aromatic heterocycles. The van der Waals surface area contributed by atoms with Gasteiger partial charge in [-0.05, 0) is 30.5 Å². The largest absolute Gasteiger partial charge is 0.506 e. The Balaban J connectivity index is 1.67. The van der Waals surface area contributed by atoms with Gasteiger partial charge in [0.1, 0.15) is 17.9 Å². The van der Waals surface area contributed by atoms with Crippen molar-refractivity contribution in [3.63, 3.8) is 0 Å². The molecule has 2 amide bonds. The second-order valence-electron chi connectivity index (χ2n) is 6.80. The Morgan fingerprint density at radius 1 is 0.963 bits per heavy atom. The first-order chi connectivity index (χ1) is 13.1. The van der Waals surface area contributed by atoms with Crippen molar-refractivity contribution in [1.82, 2.24) is 5.32 Å². The number of aromatic hydroxyl groups is 1.